The number of hydrogen-bond donors (Lipinski definition) is 2. The molecule has 0 bridgehead atoms. The summed E-state index contributed by atoms with van der Waals surface area (Å²) in [5, 5.41) is 0. The van der Waals surface area contributed by atoms with Crippen LogP contribution in [0.3, 0.4) is 0 Å². The molecular weight excluding hydrogens is 330 g/mol. The van der Waals surface area contributed by atoms with Gasteiger partial charge in [0.1, 0.15) is 0 Å². The lowest BCUT2D eigenvalue weighted by Crippen LogP contribution is -1.95. The van der Waals surface area contributed by atoms with Crippen LogP contribution < -0.4 is 14.2 Å². The second kappa shape index (κ2) is 6.71. The van der Waals surface area contributed by atoms with Gasteiger partial charge in [0, 0.05) is 23.4 Å². The molecule has 1 aromatic heterocycles. The van der Waals surface area contributed by atoms with Gasteiger partial charge in [-0.3, -0.25) is 9.71 Å². The molecule has 3 aromatic rings. The second-order valence-corrected chi connectivity index (χ2v) is 5.64. The van der Waals surface area contributed by atoms with Crippen molar-refractivity contribution in [1.82, 2.24) is 9.97 Å². The van der Waals surface area contributed by atoms with Crippen LogP contribution in [-0.2, 0) is 10.9 Å². The molecule has 7 nitrogen and oxygen atoms in total. The summed E-state index contributed by atoms with van der Waals surface area (Å²) in [6, 6.07) is 10.4. The molecule has 0 amide bonds. The number of aromatic nitrogens is 2. The normalized spacial score (nSPS) is 10.8. The topological polar surface area (TPSA) is 90.4 Å². The van der Waals surface area contributed by atoms with Crippen molar-refractivity contribution in [1.29, 1.82) is 0 Å². The van der Waals surface area contributed by atoms with Crippen LogP contribution in [-0.4, -0.2) is 32.6 Å². The molecule has 2 aromatic carbocycles. The molecule has 1 N–H and O–H groups in total. The predicted molar refractivity (Wildman–Crippen MR) is 92.0 cm³/mol. The molecule has 1 heterocycles. The average molecular weight is 345 g/mol. The summed E-state index contributed by atoms with van der Waals surface area (Å²) in [6.45, 7) is 0. The minimum Gasteiger partial charge on any atom is -0.493 e. The summed E-state index contributed by atoms with van der Waals surface area (Å²) in [4.78, 5) is 8.98. The van der Waals surface area contributed by atoms with E-state index in [1.807, 2.05) is 0 Å². The number of nitrogens with one attached hydrogen (secondary N) is 1. The zero-order valence-corrected chi connectivity index (χ0v) is 13.9. The van der Waals surface area contributed by atoms with Crippen LogP contribution >= 0.6 is 0 Å². The van der Waals surface area contributed by atoms with E-state index in [1.54, 1.807) is 56.8 Å². The Kier molecular flexibility index (Phi) is 4.48. The van der Waals surface area contributed by atoms with Crippen LogP contribution in [0.1, 0.15) is 0 Å². The third kappa shape index (κ3) is 3.23. The summed E-state index contributed by atoms with van der Waals surface area (Å²) in [5.41, 5.74) is 3.36. The van der Waals surface area contributed by atoms with E-state index in [1.165, 1.54) is 0 Å². The molecule has 0 unspecified atom stereocenters. The van der Waals surface area contributed by atoms with Crippen molar-refractivity contribution in [2.75, 3.05) is 18.9 Å². The van der Waals surface area contributed by atoms with Crippen LogP contribution in [0.5, 0.6) is 11.5 Å². The molecule has 0 saturated heterocycles. The van der Waals surface area contributed by atoms with Gasteiger partial charge in [-0.1, -0.05) is 12.1 Å². The molecule has 24 heavy (non-hydrogen) atoms. The van der Waals surface area contributed by atoms with Crippen molar-refractivity contribution in [2.24, 2.45) is 0 Å². The number of hydrogen-bond acceptors (Lipinski definition) is 6. The summed E-state index contributed by atoms with van der Waals surface area (Å²) >= 11 is 0. The van der Waals surface area contributed by atoms with Crippen LogP contribution in [0.2, 0.25) is 0 Å². The van der Waals surface area contributed by atoms with E-state index in [-0.39, 0.29) is 0 Å². The first-order valence-electron chi connectivity index (χ1n) is 7.01. The summed E-state index contributed by atoms with van der Waals surface area (Å²) in [6.07, 6.45) is 1.66. The van der Waals surface area contributed by atoms with Gasteiger partial charge in [-0.15, -0.1) is 0 Å². The lowest BCUT2D eigenvalue weighted by Gasteiger charge is -2.09. The fourth-order valence-corrected chi connectivity index (χ4v) is 2.66. The third-order valence-electron chi connectivity index (χ3n) is 3.45. The second-order valence-electron chi connectivity index (χ2n) is 4.90. The van der Waals surface area contributed by atoms with Crippen molar-refractivity contribution in [2.45, 2.75) is 0 Å². The fraction of sp³-hybridized carbons (Fsp3) is 0.125. The maximum Gasteiger partial charge on any atom is 0.222 e. The van der Waals surface area contributed by atoms with Crippen LogP contribution in [0.4, 0.5) is 5.69 Å². The Morgan fingerprint density at radius 1 is 0.958 bits per heavy atom. The van der Waals surface area contributed by atoms with Crippen LogP contribution in [0, 0.1) is 0 Å². The number of anilines is 1. The summed E-state index contributed by atoms with van der Waals surface area (Å²) in [5.74, 6) is 1.17. The van der Waals surface area contributed by atoms with Gasteiger partial charge in [-0.2, -0.15) is 0 Å². The van der Waals surface area contributed by atoms with Crippen LogP contribution in [0.25, 0.3) is 22.3 Å². The number of thiol groups is 1. The first-order chi connectivity index (χ1) is 11.6. The predicted octanol–water partition coefficient (Wildman–Crippen LogP) is 2.25. The first kappa shape index (κ1) is 16.0. The van der Waals surface area contributed by atoms with E-state index in [0.717, 1.165) is 5.56 Å². The van der Waals surface area contributed by atoms with Gasteiger partial charge in [-0.25, -0.2) is 13.4 Å². The Balaban J connectivity index is 2.00. The molecule has 0 atom stereocenters. The third-order valence-corrected chi connectivity index (χ3v) is 3.89. The number of methoxy groups -OCH3 is 2. The molecule has 0 aliphatic rings. The lowest BCUT2D eigenvalue weighted by molar-refractivity contribution is 0.355. The van der Waals surface area contributed by atoms with Crippen molar-refractivity contribution >= 4 is 27.6 Å². The highest BCUT2D eigenvalue weighted by Gasteiger charge is 2.09. The summed E-state index contributed by atoms with van der Waals surface area (Å²) < 4.78 is 34.2. The Morgan fingerprint density at radius 3 is 2.17 bits per heavy atom. The largest absolute Gasteiger partial charge is 0.493 e. The first-order valence-corrected chi connectivity index (χ1v) is 8.18. The van der Waals surface area contributed by atoms with E-state index in [9.17, 15) is 8.42 Å². The molecule has 8 heteroatoms. The number of rotatable bonds is 5. The average Bonchev–Trinajstić information content (AvgIpc) is 2.60. The van der Waals surface area contributed by atoms with Gasteiger partial charge < -0.3 is 9.47 Å². The van der Waals surface area contributed by atoms with E-state index in [2.05, 4.69) is 14.7 Å². The van der Waals surface area contributed by atoms with Gasteiger partial charge in [0.15, 0.2) is 11.5 Å². The molecule has 0 spiro atoms. The Bertz CT molecular complexity index is 947. The maximum absolute atomic E-state index is 10.7. The molecule has 124 valence electrons. The smallest absolute Gasteiger partial charge is 0.222 e. The Hall–Kier alpha value is -2.87. The van der Waals surface area contributed by atoms with Gasteiger partial charge in [-0.05, 0) is 12.1 Å². The summed E-state index contributed by atoms with van der Waals surface area (Å²) in [7, 11) is 0.451. The molecule has 0 radical (unpaired) electrons. The molecule has 0 aliphatic heterocycles. The fourth-order valence-electron chi connectivity index (χ4n) is 2.30. The number of nitrogens with zero attached hydrogens (tertiary/aromatic N) is 2. The minimum absolute atomic E-state index is 0.495. The molecule has 0 aliphatic carbocycles. The van der Waals surface area contributed by atoms with Gasteiger partial charge >= 0.3 is 0 Å². The Labute approximate surface area is 140 Å². The minimum atomic E-state index is -2.68. The van der Waals surface area contributed by atoms with E-state index in [4.69, 9.17) is 9.47 Å². The number of fused-ring (bicyclic) bond motifs is 1. The van der Waals surface area contributed by atoms with E-state index < -0.39 is 10.9 Å². The Morgan fingerprint density at radius 2 is 1.58 bits per heavy atom. The SMILES string of the molecule is COc1cc2ncc(-c3ccc(N[SH](=O)=O)cc3)nc2cc1OC. The molecule has 0 saturated carbocycles. The van der Waals surface area contributed by atoms with Crippen LogP contribution in [0.15, 0.2) is 42.6 Å². The quantitative estimate of drug-likeness (QED) is 0.689. The number of benzene rings is 2. The van der Waals surface area contributed by atoms with Gasteiger partial charge in [0.05, 0.1) is 37.1 Å². The highest BCUT2D eigenvalue weighted by Crippen LogP contribution is 2.31. The molecular formula is C16H15N3O4S. The van der Waals surface area contributed by atoms with E-state index >= 15 is 0 Å². The van der Waals surface area contributed by atoms with Crippen molar-refractivity contribution in [3.05, 3.63) is 42.6 Å². The van der Waals surface area contributed by atoms with Crippen molar-refractivity contribution in [3.63, 3.8) is 0 Å². The number of ether oxygens (including phenoxy) is 2. The molecule has 0 fully saturated rings. The standard InChI is InChI=1S/C16H15N3O4S/c1-22-15-7-12-13(8-16(15)23-2)18-14(9-17-12)10-3-5-11(6-4-10)19-24(20)21/h3-9,24H,1-2H3,(H,19,20,21). The van der Waals surface area contributed by atoms with Gasteiger partial charge in [0.2, 0.25) is 10.9 Å². The zero-order valence-electron chi connectivity index (χ0n) is 13.0. The van der Waals surface area contributed by atoms with Crippen molar-refractivity contribution in [3.8, 4) is 22.8 Å². The van der Waals surface area contributed by atoms with Crippen molar-refractivity contribution < 1.29 is 17.9 Å². The maximum atomic E-state index is 10.7. The highest BCUT2D eigenvalue weighted by molar-refractivity contribution is 7.73. The molecule has 3 rings (SSSR count). The zero-order chi connectivity index (χ0) is 17.1. The highest BCUT2D eigenvalue weighted by atomic mass is 32.2. The van der Waals surface area contributed by atoms with E-state index in [0.29, 0.717) is 33.9 Å². The van der Waals surface area contributed by atoms with Gasteiger partial charge in [0.25, 0.3) is 0 Å². The lowest BCUT2D eigenvalue weighted by atomic mass is 10.1. The monoisotopic (exact) mass is 345 g/mol.